The third-order valence-electron chi connectivity index (χ3n) is 5.56. The topological polar surface area (TPSA) is 81.1 Å². The summed E-state index contributed by atoms with van der Waals surface area (Å²) >= 11 is 0. The maximum atomic E-state index is 13.2. The average molecular weight is 413 g/mol. The van der Waals surface area contributed by atoms with Crippen molar-refractivity contribution in [2.75, 3.05) is 27.3 Å². The second kappa shape index (κ2) is 10.1. The molecule has 1 unspecified atom stereocenters. The van der Waals surface area contributed by atoms with E-state index in [0.29, 0.717) is 6.54 Å². The molecule has 0 bridgehead atoms. The molecular weight excluding hydrogens is 382 g/mol. The highest BCUT2D eigenvalue weighted by molar-refractivity contribution is 5.96. The molecule has 1 fully saturated rings. The number of ether oxygens (including phenoxy) is 2. The smallest absolute Gasteiger partial charge is 0.321 e. The first-order valence-corrected chi connectivity index (χ1v) is 10.3. The predicted molar refractivity (Wildman–Crippen MR) is 114 cm³/mol. The monoisotopic (exact) mass is 412 g/mol. The van der Waals surface area contributed by atoms with Crippen LogP contribution < -0.4 is 25.0 Å². The Morgan fingerprint density at radius 3 is 2.57 bits per heavy atom. The molecule has 30 heavy (non-hydrogen) atoms. The van der Waals surface area contributed by atoms with Gasteiger partial charge in [-0.05, 0) is 19.1 Å². The number of rotatable bonds is 7. The number of likely N-dealkylation sites (tertiary alicyclic amines) is 1. The first kappa shape index (κ1) is 21.6. The lowest BCUT2D eigenvalue weighted by Gasteiger charge is -2.30. The van der Waals surface area contributed by atoms with Crippen molar-refractivity contribution in [2.45, 2.75) is 31.8 Å². The third-order valence-corrected chi connectivity index (χ3v) is 5.56. The number of methoxy groups -OCH3 is 2. The van der Waals surface area contributed by atoms with Crippen molar-refractivity contribution in [2.24, 2.45) is 0 Å². The van der Waals surface area contributed by atoms with Gasteiger partial charge in [-0.15, -0.1) is 0 Å². The van der Waals surface area contributed by atoms with E-state index in [1.807, 2.05) is 55.5 Å². The number of nitrogens with one attached hydrogen (secondary N) is 3. The number of imide groups is 1. The number of amides is 3. The highest BCUT2D eigenvalue weighted by Crippen LogP contribution is 2.33. The lowest BCUT2D eigenvalue weighted by molar-refractivity contribution is -0.940. The maximum Gasteiger partial charge on any atom is 0.321 e. The molecule has 3 amide bonds. The molecular formula is C23H30N3O4+. The molecule has 0 aliphatic carbocycles. The Hall–Kier alpha value is -3.06. The van der Waals surface area contributed by atoms with Crippen LogP contribution in [0.5, 0.6) is 11.5 Å². The Bertz CT molecular complexity index is 872. The first-order valence-electron chi connectivity index (χ1n) is 10.3. The minimum absolute atomic E-state index is 0.0658. The van der Waals surface area contributed by atoms with Crippen LogP contribution in [0.3, 0.4) is 0 Å². The molecule has 1 aliphatic heterocycles. The summed E-state index contributed by atoms with van der Waals surface area (Å²) in [6.45, 7) is 3.09. The SMILES string of the molecule is CCNC(=O)NC(=O)[C@@H](c1ccccc1)[NH+]1CCC[C@@H]1c1ccc(OC)cc1OC. The van der Waals surface area contributed by atoms with Gasteiger partial charge < -0.3 is 19.7 Å². The van der Waals surface area contributed by atoms with E-state index in [0.717, 1.165) is 46.9 Å². The lowest BCUT2D eigenvalue weighted by Crippen LogP contribution is -3.11. The van der Waals surface area contributed by atoms with Crippen molar-refractivity contribution >= 4 is 11.9 Å². The number of hydrogen-bond donors (Lipinski definition) is 3. The van der Waals surface area contributed by atoms with Crippen LogP contribution in [0.25, 0.3) is 0 Å². The fourth-order valence-electron chi connectivity index (χ4n) is 4.25. The van der Waals surface area contributed by atoms with Crippen molar-refractivity contribution in [3.05, 3.63) is 59.7 Å². The van der Waals surface area contributed by atoms with Crippen LogP contribution in [0.4, 0.5) is 4.79 Å². The number of quaternary nitrogens is 1. The molecule has 0 saturated carbocycles. The Kier molecular flexibility index (Phi) is 7.30. The third kappa shape index (κ3) is 4.74. The molecule has 0 spiro atoms. The molecule has 3 atom stereocenters. The van der Waals surface area contributed by atoms with E-state index < -0.39 is 12.1 Å². The predicted octanol–water partition coefficient (Wildman–Crippen LogP) is 2.01. The van der Waals surface area contributed by atoms with Gasteiger partial charge in [0.15, 0.2) is 6.04 Å². The minimum Gasteiger partial charge on any atom is -0.497 e. The maximum absolute atomic E-state index is 13.2. The van der Waals surface area contributed by atoms with Crippen LogP contribution in [0.2, 0.25) is 0 Å². The summed E-state index contributed by atoms with van der Waals surface area (Å²) in [5, 5.41) is 5.15. The second-order valence-corrected chi connectivity index (χ2v) is 7.32. The molecule has 1 saturated heterocycles. The van der Waals surface area contributed by atoms with E-state index in [2.05, 4.69) is 10.6 Å². The van der Waals surface area contributed by atoms with Crippen molar-refractivity contribution in [3.63, 3.8) is 0 Å². The van der Waals surface area contributed by atoms with Crippen LogP contribution in [0.15, 0.2) is 48.5 Å². The molecule has 0 aromatic heterocycles. The van der Waals surface area contributed by atoms with Gasteiger partial charge in [-0.2, -0.15) is 0 Å². The molecule has 1 aliphatic rings. The summed E-state index contributed by atoms with van der Waals surface area (Å²) in [5.74, 6) is 1.17. The van der Waals surface area contributed by atoms with E-state index in [1.165, 1.54) is 0 Å². The summed E-state index contributed by atoms with van der Waals surface area (Å²) < 4.78 is 11.0. The normalized spacial score (nSPS) is 19.0. The van der Waals surface area contributed by atoms with Crippen molar-refractivity contribution in [3.8, 4) is 11.5 Å². The Balaban J connectivity index is 1.96. The zero-order chi connectivity index (χ0) is 21.5. The van der Waals surface area contributed by atoms with E-state index in [4.69, 9.17) is 9.47 Å². The molecule has 1 heterocycles. The fourth-order valence-corrected chi connectivity index (χ4v) is 4.25. The molecule has 160 valence electrons. The van der Waals surface area contributed by atoms with Gasteiger partial charge in [-0.25, -0.2) is 4.79 Å². The van der Waals surface area contributed by atoms with Gasteiger partial charge in [-0.3, -0.25) is 10.1 Å². The van der Waals surface area contributed by atoms with Gasteiger partial charge in [0.05, 0.1) is 26.3 Å². The second-order valence-electron chi connectivity index (χ2n) is 7.32. The number of hydrogen-bond acceptors (Lipinski definition) is 4. The molecule has 2 aromatic carbocycles. The van der Waals surface area contributed by atoms with Crippen LogP contribution in [0, 0.1) is 0 Å². The summed E-state index contributed by atoms with van der Waals surface area (Å²) in [6, 6.07) is 14.5. The van der Waals surface area contributed by atoms with Gasteiger partial charge in [-0.1, -0.05) is 30.3 Å². The number of urea groups is 1. The summed E-state index contributed by atoms with van der Waals surface area (Å²) in [7, 11) is 3.27. The summed E-state index contributed by atoms with van der Waals surface area (Å²) in [4.78, 5) is 26.3. The number of carbonyl (C=O) groups excluding carboxylic acids is 2. The molecule has 2 aromatic rings. The van der Waals surface area contributed by atoms with E-state index in [-0.39, 0.29) is 11.9 Å². The zero-order valence-electron chi connectivity index (χ0n) is 17.7. The number of benzene rings is 2. The quantitative estimate of drug-likeness (QED) is 0.650. The van der Waals surface area contributed by atoms with Crippen molar-refractivity contribution in [1.29, 1.82) is 0 Å². The van der Waals surface area contributed by atoms with Gasteiger partial charge in [0.25, 0.3) is 5.91 Å². The number of carbonyl (C=O) groups is 2. The molecule has 3 N–H and O–H groups in total. The standard InChI is InChI=1S/C23H29N3O4/c1-4-24-23(28)25-22(27)21(16-9-6-5-7-10-16)26-14-8-11-19(26)18-13-12-17(29-2)15-20(18)30-3/h5-7,9-10,12-13,15,19,21H,4,8,11,14H2,1-3H3,(H2,24,25,27,28)/p+1/t19-,21-/m1/s1. The van der Waals surface area contributed by atoms with Crippen LogP contribution in [0.1, 0.15) is 43.0 Å². The van der Waals surface area contributed by atoms with E-state index >= 15 is 0 Å². The fraction of sp³-hybridized carbons (Fsp3) is 0.391. The lowest BCUT2D eigenvalue weighted by atomic mass is 9.98. The van der Waals surface area contributed by atoms with Crippen LogP contribution in [-0.2, 0) is 4.79 Å². The molecule has 7 nitrogen and oxygen atoms in total. The van der Waals surface area contributed by atoms with Gasteiger partial charge in [0.2, 0.25) is 0 Å². The van der Waals surface area contributed by atoms with Crippen LogP contribution in [-0.4, -0.2) is 39.2 Å². The van der Waals surface area contributed by atoms with Crippen LogP contribution >= 0.6 is 0 Å². The first-order chi connectivity index (χ1) is 14.6. The Morgan fingerprint density at radius 1 is 1.13 bits per heavy atom. The Labute approximate surface area is 177 Å². The minimum atomic E-state index is -0.506. The zero-order valence-corrected chi connectivity index (χ0v) is 17.7. The molecule has 0 radical (unpaired) electrons. The van der Waals surface area contributed by atoms with Gasteiger partial charge in [0.1, 0.15) is 17.5 Å². The largest absolute Gasteiger partial charge is 0.497 e. The van der Waals surface area contributed by atoms with Gasteiger partial charge in [0, 0.05) is 31.0 Å². The molecule has 3 rings (SSSR count). The van der Waals surface area contributed by atoms with E-state index in [1.54, 1.807) is 14.2 Å². The average Bonchev–Trinajstić information content (AvgIpc) is 3.23. The van der Waals surface area contributed by atoms with Gasteiger partial charge >= 0.3 is 6.03 Å². The van der Waals surface area contributed by atoms with Crippen molar-refractivity contribution in [1.82, 2.24) is 10.6 Å². The summed E-state index contributed by atoms with van der Waals surface area (Å²) in [5.41, 5.74) is 1.92. The highest BCUT2D eigenvalue weighted by atomic mass is 16.5. The highest BCUT2D eigenvalue weighted by Gasteiger charge is 2.42. The summed E-state index contributed by atoms with van der Waals surface area (Å²) in [6.07, 6.45) is 1.91. The Morgan fingerprint density at radius 2 is 1.90 bits per heavy atom. The van der Waals surface area contributed by atoms with Crippen molar-refractivity contribution < 1.29 is 24.0 Å². The molecule has 7 heteroatoms. The van der Waals surface area contributed by atoms with E-state index in [9.17, 15) is 9.59 Å².